The number of rotatable bonds is 8. The number of carbonyl (C=O) groups is 1. The molecule has 3 aromatic rings. The lowest BCUT2D eigenvalue weighted by Crippen LogP contribution is -2.13. The average Bonchev–Trinajstić information content (AvgIpc) is 2.81. The molecule has 8 nitrogen and oxygen atoms in total. The Bertz CT molecular complexity index is 1320. The Kier molecular flexibility index (Phi) is 7.79. The summed E-state index contributed by atoms with van der Waals surface area (Å²) in [7, 11) is 1.40. The minimum absolute atomic E-state index is 0.0398. The van der Waals surface area contributed by atoms with E-state index in [1.54, 1.807) is 18.2 Å². The van der Waals surface area contributed by atoms with Crippen molar-refractivity contribution in [2.75, 3.05) is 12.4 Å². The van der Waals surface area contributed by atoms with E-state index in [1.165, 1.54) is 61.7 Å². The first-order valence-corrected chi connectivity index (χ1v) is 10.1. The Morgan fingerprint density at radius 2 is 2.00 bits per heavy atom. The number of hydrogen-bond acceptors (Lipinski definition) is 6. The second kappa shape index (κ2) is 10.9. The van der Waals surface area contributed by atoms with E-state index in [4.69, 9.17) is 21.1 Å². The zero-order chi connectivity index (χ0) is 24.7. The number of halogens is 2. The summed E-state index contributed by atoms with van der Waals surface area (Å²) < 4.78 is 24.4. The highest BCUT2D eigenvalue weighted by molar-refractivity contribution is 6.32. The molecular weight excluding hydrogens is 465 g/mol. The molecule has 0 bridgehead atoms. The van der Waals surface area contributed by atoms with Crippen molar-refractivity contribution < 1.29 is 23.6 Å². The van der Waals surface area contributed by atoms with Crippen molar-refractivity contribution in [1.29, 1.82) is 5.26 Å². The molecule has 10 heteroatoms. The van der Waals surface area contributed by atoms with Crippen molar-refractivity contribution in [3.05, 3.63) is 98.3 Å². The Morgan fingerprint density at radius 3 is 2.68 bits per heavy atom. The molecule has 0 aliphatic carbocycles. The maximum absolute atomic E-state index is 13.4. The summed E-state index contributed by atoms with van der Waals surface area (Å²) in [5.41, 5.74) is 0.665. The molecule has 172 valence electrons. The van der Waals surface area contributed by atoms with Crippen LogP contribution < -0.4 is 14.8 Å². The fourth-order valence-corrected chi connectivity index (χ4v) is 3.23. The van der Waals surface area contributed by atoms with Gasteiger partial charge in [0, 0.05) is 17.8 Å². The van der Waals surface area contributed by atoms with Crippen molar-refractivity contribution >= 4 is 35.0 Å². The summed E-state index contributed by atoms with van der Waals surface area (Å²) in [6.07, 6.45) is 1.29. The van der Waals surface area contributed by atoms with Gasteiger partial charge < -0.3 is 14.8 Å². The van der Waals surface area contributed by atoms with Gasteiger partial charge in [0.05, 0.1) is 17.1 Å². The molecule has 0 heterocycles. The first-order chi connectivity index (χ1) is 16.3. The van der Waals surface area contributed by atoms with E-state index in [2.05, 4.69) is 5.32 Å². The van der Waals surface area contributed by atoms with E-state index in [0.717, 1.165) is 0 Å². The van der Waals surface area contributed by atoms with Crippen LogP contribution in [0.1, 0.15) is 11.1 Å². The summed E-state index contributed by atoms with van der Waals surface area (Å²) >= 11 is 6.34. The van der Waals surface area contributed by atoms with Crippen molar-refractivity contribution in [3.63, 3.8) is 0 Å². The van der Waals surface area contributed by atoms with Crippen molar-refractivity contribution in [1.82, 2.24) is 0 Å². The quantitative estimate of drug-likeness (QED) is 0.196. The minimum Gasteiger partial charge on any atom is -0.493 e. The van der Waals surface area contributed by atoms with Crippen LogP contribution in [0.25, 0.3) is 6.08 Å². The van der Waals surface area contributed by atoms with Gasteiger partial charge in [-0.15, -0.1) is 0 Å². The van der Waals surface area contributed by atoms with Gasteiger partial charge in [-0.3, -0.25) is 14.9 Å². The topological polar surface area (TPSA) is 114 Å². The van der Waals surface area contributed by atoms with E-state index in [1.807, 2.05) is 0 Å². The summed E-state index contributed by atoms with van der Waals surface area (Å²) in [6, 6.07) is 16.0. The summed E-state index contributed by atoms with van der Waals surface area (Å²) in [4.78, 5) is 22.8. The number of benzene rings is 3. The van der Waals surface area contributed by atoms with Crippen LogP contribution in [-0.2, 0) is 11.4 Å². The third-order valence-corrected chi connectivity index (χ3v) is 4.80. The number of nitro benzene ring substituents is 1. The van der Waals surface area contributed by atoms with Gasteiger partial charge in [-0.1, -0.05) is 29.8 Å². The van der Waals surface area contributed by atoms with Crippen LogP contribution in [-0.4, -0.2) is 17.9 Å². The molecule has 1 amide bonds. The number of non-ortho nitro benzene ring substituents is 1. The highest BCUT2D eigenvalue weighted by atomic mass is 35.5. The number of nitriles is 1. The van der Waals surface area contributed by atoms with Crippen molar-refractivity contribution in [3.8, 4) is 17.6 Å². The predicted molar refractivity (Wildman–Crippen MR) is 124 cm³/mol. The van der Waals surface area contributed by atoms with Crippen molar-refractivity contribution in [2.24, 2.45) is 0 Å². The maximum atomic E-state index is 13.4. The first-order valence-electron chi connectivity index (χ1n) is 9.73. The zero-order valence-corrected chi connectivity index (χ0v) is 18.5. The van der Waals surface area contributed by atoms with E-state index in [-0.39, 0.29) is 40.1 Å². The van der Waals surface area contributed by atoms with Crippen LogP contribution in [0, 0.1) is 27.3 Å². The summed E-state index contributed by atoms with van der Waals surface area (Å²) in [6.45, 7) is 0.0398. The Labute approximate surface area is 198 Å². The van der Waals surface area contributed by atoms with Gasteiger partial charge >= 0.3 is 0 Å². The van der Waals surface area contributed by atoms with Crippen LogP contribution in [0.5, 0.6) is 11.5 Å². The number of carbonyl (C=O) groups excluding carboxylic acids is 1. The molecule has 0 aliphatic heterocycles. The number of hydrogen-bond donors (Lipinski definition) is 1. The van der Waals surface area contributed by atoms with E-state index in [9.17, 15) is 24.6 Å². The molecule has 0 aromatic heterocycles. The fourth-order valence-electron chi connectivity index (χ4n) is 2.96. The molecule has 0 unspecified atom stereocenters. The largest absolute Gasteiger partial charge is 0.493 e. The molecule has 0 saturated carbocycles. The second-order valence-electron chi connectivity index (χ2n) is 6.88. The molecule has 0 saturated heterocycles. The van der Waals surface area contributed by atoms with Crippen LogP contribution in [0.3, 0.4) is 0 Å². The lowest BCUT2D eigenvalue weighted by atomic mass is 10.1. The van der Waals surface area contributed by atoms with Crippen LogP contribution in [0.15, 0.2) is 66.2 Å². The number of amides is 1. The number of methoxy groups -OCH3 is 1. The maximum Gasteiger partial charge on any atom is 0.271 e. The van der Waals surface area contributed by atoms with Gasteiger partial charge in [-0.05, 0) is 47.5 Å². The van der Waals surface area contributed by atoms with Gasteiger partial charge in [0.2, 0.25) is 0 Å². The summed E-state index contributed by atoms with van der Waals surface area (Å²) in [5, 5.41) is 23.0. The smallest absolute Gasteiger partial charge is 0.271 e. The second-order valence-corrected chi connectivity index (χ2v) is 7.29. The van der Waals surface area contributed by atoms with Gasteiger partial charge in [0.25, 0.3) is 11.6 Å². The molecule has 3 rings (SSSR count). The predicted octanol–water partition coefficient (Wildman–Crippen LogP) is 5.52. The molecule has 0 fully saturated rings. The third-order valence-electron chi connectivity index (χ3n) is 4.51. The van der Waals surface area contributed by atoms with Crippen LogP contribution in [0.4, 0.5) is 15.8 Å². The standard InChI is InChI=1S/C24H17ClFN3O5/c1-33-22-11-16(10-21(25)23(22)34-14-15-4-2-5-18(26)9-15)8-17(13-27)24(30)28-19-6-3-7-20(12-19)29(31)32/h2-12H,14H2,1H3,(H,28,30)/b17-8+. The molecule has 1 N–H and O–H groups in total. The molecule has 0 radical (unpaired) electrons. The Hall–Kier alpha value is -4.42. The molecule has 0 aliphatic rings. The molecule has 3 aromatic carbocycles. The Balaban J connectivity index is 1.82. The van der Waals surface area contributed by atoms with Gasteiger partial charge in [-0.2, -0.15) is 5.26 Å². The van der Waals surface area contributed by atoms with Crippen molar-refractivity contribution in [2.45, 2.75) is 6.61 Å². The highest BCUT2D eigenvalue weighted by Gasteiger charge is 2.15. The first kappa shape index (κ1) is 24.2. The molecule has 34 heavy (non-hydrogen) atoms. The van der Waals surface area contributed by atoms with Gasteiger partial charge in [0.1, 0.15) is 24.1 Å². The number of nitro groups is 1. The minimum atomic E-state index is -0.760. The summed E-state index contributed by atoms with van der Waals surface area (Å²) in [5.74, 6) is -0.701. The number of anilines is 1. The zero-order valence-electron chi connectivity index (χ0n) is 17.7. The lowest BCUT2D eigenvalue weighted by molar-refractivity contribution is -0.384. The average molecular weight is 482 g/mol. The SMILES string of the molecule is COc1cc(/C=C(\C#N)C(=O)Nc2cccc([N+](=O)[O-])c2)cc(Cl)c1OCc1cccc(F)c1. The lowest BCUT2D eigenvalue weighted by Gasteiger charge is -2.14. The van der Waals surface area contributed by atoms with E-state index < -0.39 is 16.6 Å². The molecule has 0 spiro atoms. The number of nitrogens with one attached hydrogen (secondary N) is 1. The number of nitrogens with zero attached hydrogens (tertiary/aromatic N) is 2. The number of ether oxygens (including phenoxy) is 2. The highest BCUT2D eigenvalue weighted by Crippen LogP contribution is 2.37. The Morgan fingerprint density at radius 1 is 1.24 bits per heavy atom. The monoisotopic (exact) mass is 481 g/mol. The van der Waals surface area contributed by atoms with E-state index >= 15 is 0 Å². The fraction of sp³-hybridized carbons (Fsp3) is 0.0833. The normalized spacial score (nSPS) is 10.8. The van der Waals surface area contributed by atoms with Gasteiger partial charge in [-0.25, -0.2) is 4.39 Å². The van der Waals surface area contributed by atoms with Crippen LogP contribution in [0.2, 0.25) is 5.02 Å². The molecular formula is C24H17ClFN3O5. The third kappa shape index (κ3) is 6.09. The molecule has 0 atom stereocenters. The van der Waals surface area contributed by atoms with Crippen LogP contribution >= 0.6 is 11.6 Å². The van der Waals surface area contributed by atoms with Gasteiger partial charge in [0.15, 0.2) is 11.5 Å². The van der Waals surface area contributed by atoms with E-state index in [0.29, 0.717) is 11.1 Å².